The van der Waals surface area contributed by atoms with Gasteiger partial charge in [-0.3, -0.25) is 14.9 Å². The lowest BCUT2D eigenvalue weighted by Gasteiger charge is -2.33. The smallest absolute Gasteiger partial charge is 0.338 e. The van der Waals surface area contributed by atoms with Gasteiger partial charge in [-0.05, 0) is 44.2 Å². The lowest BCUT2D eigenvalue weighted by atomic mass is 10.1. The van der Waals surface area contributed by atoms with Gasteiger partial charge in [0.2, 0.25) is 5.13 Å². The van der Waals surface area contributed by atoms with Crippen molar-refractivity contribution in [3.8, 4) is 0 Å². The Hall–Kier alpha value is -3.21. The third kappa shape index (κ3) is 3.56. The average Bonchev–Trinajstić information content (AvgIpc) is 3.31. The lowest BCUT2D eigenvalue weighted by Crippen LogP contribution is -2.43. The molecule has 0 bridgehead atoms. The summed E-state index contributed by atoms with van der Waals surface area (Å²) in [5.74, 6) is -0.446. The number of carbonyl (C=O) groups is 2. The fraction of sp³-hybridized carbons (Fsp3) is 0.263. The summed E-state index contributed by atoms with van der Waals surface area (Å²) in [4.78, 5) is 31.4. The summed E-state index contributed by atoms with van der Waals surface area (Å²) in [7, 11) is 0. The number of aryl methyl sites for hydroxylation is 1. The minimum Gasteiger partial charge on any atom is -0.338 e. The van der Waals surface area contributed by atoms with Crippen LogP contribution in [-0.4, -0.2) is 32.3 Å². The van der Waals surface area contributed by atoms with Crippen LogP contribution in [0.5, 0.6) is 0 Å². The highest BCUT2D eigenvalue weighted by atomic mass is 32.1. The summed E-state index contributed by atoms with van der Waals surface area (Å²) < 4.78 is 44.2. The van der Waals surface area contributed by atoms with Crippen LogP contribution in [0.3, 0.4) is 0 Å². The summed E-state index contributed by atoms with van der Waals surface area (Å²) in [6.07, 6.45) is -2.80. The molecule has 4 rings (SSSR count). The van der Waals surface area contributed by atoms with E-state index >= 15 is 0 Å². The number of nitrogens with one attached hydrogen (secondary N) is 1. The highest BCUT2D eigenvalue weighted by Gasteiger charge is 2.35. The number of hydrogen-bond donors (Lipinski definition) is 1. The molecule has 1 aliphatic rings. The third-order valence-electron chi connectivity index (χ3n) is 4.78. The molecule has 0 unspecified atom stereocenters. The maximum absolute atomic E-state index is 13.2. The van der Waals surface area contributed by atoms with Crippen molar-refractivity contribution < 1.29 is 22.8 Å². The van der Waals surface area contributed by atoms with E-state index in [-0.39, 0.29) is 23.8 Å². The predicted molar refractivity (Wildman–Crippen MR) is 105 cm³/mol. The molecule has 3 aromatic rings. The Labute approximate surface area is 173 Å². The zero-order valence-corrected chi connectivity index (χ0v) is 16.7. The maximum Gasteiger partial charge on any atom is 0.416 e. The van der Waals surface area contributed by atoms with Crippen LogP contribution in [0.1, 0.15) is 45.2 Å². The van der Waals surface area contributed by atoms with Gasteiger partial charge < -0.3 is 9.47 Å². The number of halogens is 3. The topological polar surface area (TPSA) is 80.1 Å². The standard InChI is InChI=1S/C19H16F3N5O2S/c1-10-9-27(13-5-3-12(4-6-13)19(20,21)22)17(29)15-14(7-8-26(10)15)16(28)24-18-23-11(2)25-30-18/h3-8,10H,9H2,1-2H3,(H,23,24,25,28)/t10-/m0/s1. The predicted octanol–water partition coefficient (Wildman–Crippen LogP) is 4.14. The molecule has 1 aliphatic heterocycles. The van der Waals surface area contributed by atoms with E-state index in [1.165, 1.54) is 17.0 Å². The van der Waals surface area contributed by atoms with Crippen LogP contribution in [0, 0.1) is 6.92 Å². The van der Waals surface area contributed by atoms with Crippen LogP contribution in [0.4, 0.5) is 24.0 Å². The van der Waals surface area contributed by atoms with Gasteiger partial charge in [0.05, 0.1) is 11.1 Å². The lowest BCUT2D eigenvalue weighted by molar-refractivity contribution is -0.137. The highest BCUT2D eigenvalue weighted by Crippen LogP contribution is 2.33. The van der Waals surface area contributed by atoms with Crippen molar-refractivity contribution in [2.24, 2.45) is 0 Å². The summed E-state index contributed by atoms with van der Waals surface area (Å²) in [6.45, 7) is 3.82. The molecule has 11 heteroatoms. The molecule has 2 aromatic heterocycles. The first-order chi connectivity index (χ1) is 14.1. The number of nitrogens with zero attached hydrogens (tertiary/aromatic N) is 4. The average molecular weight is 435 g/mol. The van der Waals surface area contributed by atoms with Gasteiger partial charge in [0.1, 0.15) is 11.5 Å². The van der Waals surface area contributed by atoms with Crippen molar-refractivity contribution in [2.75, 3.05) is 16.8 Å². The first-order valence-electron chi connectivity index (χ1n) is 8.97. The number of hydrogen-bond acceptors (Lipinski definition) is 5. The summed E-state index contributed by atoms with van der Waals surface area (Å²) in [5.41, 5.74) is -0.123. The van der Waals surface area contributed by atoms with Gasteiger partial charge in [0.15, 0.2) is 0 Å². The van der Waals surface area contributed by atoms with Crippen LogP contribution >= 0.6 is 11.5 Å². The molecular weight excluding hydrogens is 419 g/mol. The van der Waals surface area contributed by atoms with Crippen molar-refractivity contribution in [3.63, 3.8) is 0 Å². The molecule has 0 radical (unpaired) electrons. The summed E-state index contributed by atoms with van der Waals surface area (Å²) in [5, 5.41) is 2.94. The van der Waals surface area contributed by atoms with Crippen LogP contribution in [0.25, 0.3) is 0 Å². The van der Waals surface area contributed by atoms with E-state index in [1.54, 1.807) is 23.8 Å². The SMILES string of the molecule is Cc1nsc(NC(=O)c2ccn3c2C(=O)N(c2ccc(C(F)(F)F)cc2)C[C@@H]3C)n1. The van der Waals surface area contributed by atoms with Crippen LogP contribution in [-0.2, 0) is 6.18 Å². The van der Waals surface area contributed by atoms with E-state index < -0.39 is 23.6 Å². The fourth-order valence-electron chi connectivity index (χ4n) is 3.35. The molecule has 1 atom stereocenters. The zero-order valence-electron chi connectivity index (χ0n) is 15.9. The molecule has 0 fully saturated rings. The van der Waals surface area contributed by atoms with Crippen molar-refractivity contribution in [2.45, 2.75) is 26.1 Å². The first kappa shape index (κ1) is 20.1. The quantitative estimate of drug-likeness (QED) is 0.671. The number of anilines is 2. The van der Waals surface area contributed by atoms with E-state index in [0.29, 0.717) is 16.6 Å². The van der Waals surface area contributed by atoms with Gasteiger partial charge in [-0.2, -0.15) is 17.5 Å². The molecule has 156 valence electrons. The second kappa shape index (κ2) is 7.24. The molecule has 3 heterocycles. The summed E-state index contributed by atoms with van der Waals surface area (Å²) >= 11 is 1.03. The number of alkyl halides is 3. The summed E-state index contributed by atoms with van der Waals surface area (Å²) in [6, 6.07) is 5.76. The minimum absolute atomic E-state index is 0.163. The van der Waals surface area contributed by atoms with E-state index in [1.807, 2.05) is 6.92 Å². The molecule has 1 N–H and O–H groups in total. The van der Waals surface area contributed by atoms with Gasteiger partial charge >= 0.3 is 6.18 Å². The number of rotatable bonds is 3. The van der Waals surface area contributed by atoms with Crippen LogP contribution < -0.4 is 10.2 Å². The van der Waals surface area contributed by atoms with Crippen molar-refractivity contribution in [1.29, 1.82) is 0 Å². The van der Waals surface area contributed by atoms with E-state index in [2.05, 4.69) is 14.7 Å². The van der Waals surface area contributed by atoms with Gasteiger partial charge in [-0.25, -0.2) is 4.98 Å². The van der Waals surface area contributed by atoms with Crippen molar-refractivity contribution >= 4 is 34.2 Å². The highest BCUT2D eigenvalue weighted by molar-refractivity contribution is 7.09. The Morgan fingerprint density at radius 1 is 1.23 bits per heavy atom. The normalized spacial score (nSPS) is 16.5. The second-order valence-corrected chi connectivity index (χ2v) is 7.65. The number of amides is 2. The van der Waals surface area contributed by atoms with Crippen LogP contribution in [0.15, 0.2) is 36.5 Å². The third-order valence-corrected chi connectivity index (χ3v) is 5.51. The van der Waals surface area contributed by atoms with Gasteiger partial charge in [-0.15, -0.1) is 0 Å². The molecule has 0 saturated carbocycles. The van der Waals surface area contributed by atoms with Gasteiger partial charge in [0.25, 0.3) is 11.8 Å². The maximum atomic E-state index is 13.2. The van der Waals surface area contributed by atoms with Crippen molar-refractivity contribution in [1.82, 2.24) is 13.9 Å². The van der Waals surface area contributed by atoms with E-state index in [0.717, 1.165) is 23.7 Å². The molecule has 1 aromatic carbocycles. The van der Waals surface area contributed by atoms with Gasteiger partial charge in [-0.1, -0.05) is 0 Å². The number of benzene rings is 1. The molecule has 0 saturated heterocycles. The Balaban J connectivity index is 1.65. The monoisotopic (exact) mass is 435 g/mol. The number of fused-ring (bicyclic) bond motifs is 1. The van der Waals surface area contributed by atoms with E-state index in [4.69, 9.17) is 0 Å². The Kier molecular flexibility index (Phi) is 4.85. The fourth-order valence-corrected chi connectivity index (χ4v) is 3.92. The molecule has 30 heavy (non-hydrogen) atoms. The number of carbonyl (C=O) groups excluding carboxylic acids is 2. The molecule has 0 aliphatic carbocycles. The Morgan fingerprint density at radius 3 is 2.53 bits per heavy atom. The molecule has 2 amide bonds. The number of aromatic nitrogens is 3. The van der Waals surface area contributed by atoms with E-state index in [9.17, 15) is 22.8 Å². The van der Waals surface area contributed by atoms with Gasteiger partial charge in [0, 0.05) is 36.0 Å². The Morgan fingerprint density at radius 2 is 1.93 bits per heavy atom. The van der Waals surface area contributed by atoms with Crippen LogP contribution in [0.2, 0.25) is 0 Å². The largest absolute Gasteiger partial charge is 0.416 e. The molecule has 7 nitrogen and oxygen atoms in total. The van der Waals surface area contributed by atoms with Crippen molar-refractivity contribution in [3.05, 3.63) is 59.2 Å². The first-order valence-corrected chi connectivity index (χ1v) is 9.74. The second-order valence-electron chi connectivity index (χ2n) is 6.90. The molecular formula is C19H16F3N5O2S. The Bertz CT molecular complexity index is 1120. The zero-order chi connectivity index (χ0) is 21.6. The minimum atomic E-state index is -4.46. The molecule has 0 spiro atoms.